The Morgan fingerprint density at radius 1 is 1.50 bits per heavy atom. The fraction of sp³-hybridized carbons (Fsp3) is 0.600. The van der Waals surface area contributed by atoms with Gasteiger partial charge in [0.05, 0.1) is 6.17 Å². The van der Waals surface area contributed by atoms with E-state index < -0.39 is 0 Å². The molecule has 1 atom stereocenters. The van der Waals surface area contributed by atoms with Gasteiger partial charge in [0.1, 0.15) is 0 Å². The van der Waals surface area contributed by atoms with Crippen LogP contribution in [0.2, 0.25) is 0 Å². The van der Waals surface area contributed by atoms with E-state index in [9.17, 15) is 0 Å². The summed E-state index contributed by atoms with van der Waals surface area (Å²) < 4.78 is 0. The Labute approximate surface area is 84.5 Å². The fourth-order valence-corrected chi connectivity index (χ4v) is 2.00. The summed E-state index contributed by atoms with van der Waals surface area (Å²) in [6, 6.07) is 3.96. The molecule has 0 bridgehead atoms. The molecule has 1 saturated heterocycles. The Balaban J connectivity index is 2.18. The summed E-state index contributed by atoms with van der Waals surface area (Å²) >= 11 is 0. The summed E-state index contributed by atoms with van der Waals surface area (Å²) in [5, 5.41) is 8.06. The van der Waals surface area contributed by atoms with Gasteiger partial charge in [-0.2, -0.15) is 5.10 Å². The Kier molecular flexibility index (Phi) is 2.63. The van der Waals surface area contributed by atoms with E-state index in [0.29, 0.717) is 6.17 Å². The predicted octanol–water partition coefficient (Wildman–Crippen LogP) is 0.964. The van der Waals surface area contributed by atoms with Crippen molar-refractivity contribution in [3.8, 4) is 0 Å². The van der Waals surface area contributed by atoms with Gasteiger partial charge in [0.2, 0.25) is 0 Å². The van der Waals surface area contributed by atoms with E-state index in [2.05, 4.69) is 34.1 Å². The molecular formula is C10H16N4. The highest BCUT2D eigenvalue weighted by Crippen LogP contribution is 2.23. The van der Waals surface area contributed by atoms with Crippen molar-refractivity contribution in [1.82, 2.24) is 15.1 Å². The van der Waals surface area contributed by atoms with Gasteiger partial charge >= 0.3 is 0 Å². The lowest BCUT2D eigenvalue weighted by molar-refractivity contribution is 0.300. The molecule has 1 fully saturated rings. The summed E-state index contributed by atoms with van der Waals surface area (Å²) in [5.74, 6) is 0.990. The van der Waals surface area contributed by atoms with Crippen LogP contribution in [0.3, 0.4) is 0 Å². The number of nitrogens with zero attached hydrogens (tertiary/aromatic N) is 4. The molecule has 0 unspecified atom stereocenters. The second-order valence-corrected chi connectivity index (χ2v) is 3.86. The first-order chi connectivity index (χ1) is 6.79. The van der Waals surface area contributed by atoms with Crippen LogP contribution in [-0.2, 0) is 0 Å². The van der Waals surface area contributed by atoms with E-state index in [-0.39, 0.29) is 0 Å². The third-order valence-corrected chi connectivity index (χ3v) is 2.67. The quantitative estimate of drug-likeness (QED) is 0.698. The van der Waals surface area contributed by atoms with Gasteiger partial charge in [0.15, 0.2) is 5.82 Å². The number of anilines is 1. The predicted molar refractivity (Wildman–Crippen MR) is 56.1 cm³/mol. The second kappa shape index (κ2) is 3.92. The van der Waals surface area contributed by atoms with E-state index in [1.54, 1.807) is 6.20 Å². The molecule has 2 rings (SSSR count). The molecule has 1 aromatic rings. The molecule has 76 valence electrons. The maximum Gasteiger partial charge on any atom is 0.152 e. The average molecular weight is 192 g/mol. The van der Waals surface area contributed by atoms with Crippen LogP contribution in [0.25, 0.3) is 0 Å². The van der Waals surface area contributed by atoms with Gasteiger partial charge in [-0.15, -0.1) is 5.10 Å². The van der Waals surface area contributed by atoms with E-state index >= 15 is 0 Å². The smallest absolute Gasteiger partial charge is 0.152 e. The maximum absolute atomic E-state index is 4.14. The van der Waals surface area contributed by atoms with E-state index in [4.69, 9.17) is 0 Å². The van der Waals surface area contributed by atoms with Crippen molar-refractivity contribution in [3.63, 3.8) is 0 Å². The van der Waals surface area contributed by atoms with Crippen molar-refractivity contribution in [1.29, 1.82) is 0 Å². The Morgan fingerprint density at radius 2 is 2.36 bits per heavy atom. The maximum atomic E-state index is 4.14. The van der Waals surface area contributed by atoms with Crippen LogP contribution in [-0.4, -0.2) is 41.9 Å². The Morgan fingerprint density at radius 3 is 3.00 bits per heavy atom. The molecule has 1 aliphatic heterocycles. The number of aromatic nitrogens is 2. The molecule has 0 aliphatic carbocycles. The molecule has 4 nitrogen and oxygen atoms in total. The molecular weight excluding hydrogens is 176 g/mol. The second-order valence-electron chi connectivity index (χ2n) is 3.86. The van der Waals surface area contributed by atoms with Crippen molar-refractivity contribution >= 4 is 5.82 Å². The molecule has 0 amide bonds. The molecule has 1 aromatic heterocycles. The average Bonchev–Trinajstić information content (AvgIpc) is 2.67. The number of rotatable bonds is 2. The normalized spacial score (nSPS) is 21.9. The lowest BCUT2D eigenvalue weighted by atomic mass is 10.3. The van der Waals surface area contributed by atoms with Gasteiger partial charge in [-0.3, -0.25) is 4.90 Å². The highest BCUT2D eigenvalue weighted by atomic mass is 15.4. The summed E-state index contributed by atoms with van der Waals surface area (Å²) in [5.41, 5.74) is 0. The van der Waals surface area contributed by atoms with Crippen LogP contribution in [0.5, 0.6) is 0 Å². The summed E-state index contributed by atoms with van der Waals surface area (Å²) in [6.45, 7) is 1.08. The largest absolute Gasteiger partial charge is 0.339 e. The molecule has 1 aliphatic rings. The van der Waals surface area contributed by atoms with Crippen molar-refractivity contribution in [3.05, 3.63) is 18.3 Å². The zero-order valence-electron chi connectivity index (χ0n) is 8.72. The fourth-order valence-electron chi connectivity index (χ4n) is 2.00. The minimum Gasteiger partial charge on any atom is -0.339 e. The summed E-state index contributed by atoms with van der Waals surface area (Å²) in [7, 11) is 4.22. The van der Waals surface area contributed by atoms with Gasteiger partial charge in [0, 0.05) is 12.7 Å². The van der Waals surface area contributed by atoms with E-state index in [1.165, 1.54) is 12.8 Å². The van der Waals surface area contributed by atoms with Gasteiger partial charge in [-0.1, -0.05) is 0 Å². The molecule has 0 aromatic carbocycles. The molecule has 14 heavy (non-hydrogen) atoms. The van der Waals surface area contributed by atoms with Crippen LogP contribution in [0.4, 0.5) is 5.82 Å². The van der Waals surface area contributed by atoms with Crippen LogP contribution >= 0.6 is 0 Å². The van der Waals surface area contributed by atoms with Crippen molar-refractivity contribution in [2.75, 3.05) is 25.5 Å². The summed E-state index contributed by atoms with van der Waals surface area (Å²) in [4.78, 5) is 4.55. The van der Waals surface area contributed by atoms with Crippen LogP contribution in [0.1, 0.15) is 12.8 Å². The SMILES string of the molecule is CN(C)[C@@H]1CCCN1c1cccnn1. The monoisotopic (exact) mass is 192 g/mol. The minimum atomic E-state index is 0.478. The van der Waals surface area contributed by atoms with Gasteiger partial charge in [-0.25, -0.2) is 0 Å². The van der Waals surface area contributed by atoms with Crippen LogP contribution < -0.4 is 4.90 Å². The standard InChI is InChI=1S/C10H16N4/c1-13(2)10-6-4-8-14(10)9-5-3-7-11-12-9/h3,5,7,10H,4,6,8H2,1-2H3/t10-/m0/s1. The van der Waals surface area contributed by atoms with Crippen molar-refractivity contribution in [2.45, 2.75) is 19.0 Å². The first-order valence-electron chi connectivity index (χ1n) is 5.00. The van der Waals surface area contributed by atoms with Crippen molar-refractivity contribution < 1.29 is 0 Å². The molecule has 4 heteroatoms. The molecule has 0 spiro atoms. The molecule has 0 N–H and O–H groups in total. The van der Waals surface area contributed by atoms with E-state index in [1.807, 2.05) is 12.1 Å². The van der Waals surface area contributed by atoms with Crippen LogP contribution in [0.15, 0.2) is 18.3 Å². The third kappa shape index (κ3) is 1.70. The molecule has 0 saturated carbocycles. The lowest BCUT2D eigenvalue weighted by Gasteiger charge is -2.30. The van der Waals surface area contributed by atoms with Gasteiger partial charge < -0.3 is 4.90 Å². The lowest BCUT2D eigenvalue weighted by Crippen LogP contribution is -2.40. The highest BCUT2D eigenvalue weighted by molar-refractivity contribution is 5.38. The molecule has 0 radical (unpaired) electrons. The first kappa shape index (κ1) is 9.40. The zero-order valence-corrected chi connectivity index (χ0v) is 8.72. The summed E-state index contributed by atoms with van der Waals surface area (Å²) in [6.07, 6.45) is 4.64. The third-order valence-electron chi connectivity index (χ3n) is 2.67. The Bertz CT molecular complexity index is 285. The molecule has 2 heterocycles. The highest BCUT2D eigenvalue weighted by Gasteiger charge is 2.26. The van der Waals surface area contributed by atoms with Gasteiger partial charge in [-0.05, 0) is 39.1 Å². The van der Waals surface area contributed by atoms with Crippen molar-refractivity contribution in [2.24, 2.45) is 0 Å². The minimum absolute atomic E-state index is 0.478. The first-order valence-corrected chi connectivity index (χ1v) is 5.00. The van der Waals surface area contributed by atoms with Gasteiger partial charge in [0.25, 0.3) is 0 Å². The number of hydrogen-bond acceptors (Lipinski definition) is 4. The number of hydrogen-bond donors (Lipinski definition) is 0. The van der Waals surface area contributed by atoms with Crippen LogP contribution in [0, 0.1) is 0 Å². The Hall–Kier alpha value is -1.16. The zero-order chi connectivity index (χ0) is 9.97. The van der Waals surface area contributed by atoms with E-state index in [0.717, 1.165) is 12.4 Å². The topological polar surface area (TPSA) is 32.3 Å².